The van der Waals surface area contributed by atoms with Gasteiger partial charge in [0.2, 0.25) is 10.0 Å². The minimum atomic E-state index is -3.16. The molecule has 0 fully saturated rings. The van der Waals surface area contributed by atoms with E-state index in [0.717, 1.165) is 13.0 Å². The standard InChI is InChI=1S/C9H22N2O3S.ClH/c1-9(2)14-7-8-15(12,13)11-6-4-5-10-3;/h9-11H,4-8H2,1-3H3;1H. The highest BCUT2D eigenvalue weighted by atomic mass is 35.5. The van der Waals surface area contributed by atoms with Crippen LogP contribution in [0, 0.1) is 0 Å². The lowest BCUT2D eigenvalue weighted by Crippen LogP contribution is -2.31. The summed E-state index contributed by atoms with van der Waals surface area (Å²) in [5.74, 6) is 0.0325. The van der Waals surface area contributed by atoms with Gasteiger partial charge in [0.25, 0.3) is 0 Å². The first kappa shape index (κ1) is 18.5. The number of sulfonamides is 1. The van der Waals surface area contributed by atoms with Crippen LogP contribution >= 0.6 is 12.4 Å². The molecule has 0 aromatic heterocycles. The van der Waals surface area contributed by atoms with E-state index in [-0.39, 0.29) is 30.9 Å². The molecule has 2 N–H and O–H groups in total. The van der Waals surface area contributed by atoms with Crippen LogP contribution in [-0.2, 0) is 14.8 Å². The van der Waals surface area contributed by atoms with Crippen LogP contribution < -0.4 is 10.0 Å². The summed E-state index contributed by atoms with van der Waals surface area (Å²) in [5.41, 5.74) is 0. The Morgan fingerprint density at radius 1 is 1.25 bits per heavy atom. The molecule has 0 amide bonds. The van der Waals surface area contributed by atoms with E-state index in [1.807, 2.05) is 20.9 Å². The molecule has 0 aliphatic rings. The lowest BCUT2D eigenvalue weighted by Gasteiger charge is -2.09. The zero-order chi connectivity index (χ0) is 11.7. The Labute approximate surface area is 105 Å². The number of ether oxygens (including phenoxy) is 1. The summed E-state index contributed by atoms with van der Waals surface area (Å²) >= 11 is 0. The van der Waals surface area contributed by atoms with E-state index >= 15 is 0 Å². The zero-order valence-corrected chi connectivity index (χ0v) is 11.8. The average molecular weight is 275 g/mol. The number of rotatable bonds is 9. The lowest BCUT2D eigenvalue weighted by molar-refractivity contribution is 0.0911. The van der Waals surface area contributed by atoms with E-state index in [1.54, 1.807) is 0 Å². The van der Waals surface area contributed by atoms with Gasteiger partial charge < -0.3 is 10.1 Å². The Morgan fingerprint density at radius 3 is 2.38 bits per heavy atom. The van der Waals surface area contributed by atoms with Gasteiger partial charge in [-0.3, -0.25) is 0 Å². The summed E-state index contributed by atoms with van der Waals surface area (Å²) in [6, 6.07) is 0. The van der Waals surface area contributed by atoms with Gasteiger partial charge in [-0.25, -0.2) is 13.1 Å². The van der Waals surface area contributed by atoms with Crippen molar-refractivity contribution >= 4 is 22.4 Å². The third kappa shape index (κ3) is 12.2. The van der Waals surface area contributed by atoms with Crippen LogP contribution in [0.5, 0.6) is 0 Å². The minimum absolute atomic E-state index is 0. The molecule has 0 radical (unpaired) electrons. The first-order chi connectivity index (χ1) is 6.98. The summed E-state index contributed by atoms with van der Waals surface area (Å²) < 4.78 is 30.4. The molecular formula is C9H23ClN2O3S. The highest BCUT2D eigenvalue weighted by Crippen LogP contribution is 1.91. The lowest BCUT2D eigenvalue weighted by atomic mass is 10.4. The summed E-state index contributed by atoms with van der Waals surface area (Å²) in [7, 11) is -1.32. The van der Waals surface area contributed by atoms with Crippen molar-refractivity contribution in [2.45, 2.75) is 26.4 Å². The van der Waals surface area contributed by atoms with Gasteiger partial charge in [0.1, 0.15) is 0 Å². The second-order valence-corrected chi connectivity index (χ2v) is 5.52. The highest BCUT2D eigenvalue weighted by molar-refractivity contribution is 7.89. The maximum atomic E-state index is 11.4. The summed E-state index contributed by atoms with van der Waals surface area (Å²) in [4.78, 5) is 0. The Hall–Kier alpha value is 0.120. The minimum Gasteiger partial charge on any atom is -0.378 e. The molecule has 0 unspecified atom stereocenters. The van der Waals surface area contributed by atoms with Crippen LogP contribution in [0.25, 0.3) is 0 Å². The maximum Gasteiger partial charge on any atom is 0.213 e. The van der Waals surface area contributed by atoms with Crippen molar-refractivity contribution in [1.29, 1.82) is 0 Å². The molecule has 7 heteroatoms. The fourth-order valence-corrected chi connectivity index (χ4v) is 1.87. The third-order valence-corrected chi connectivity index (χ3v) is 3.08. The Morgan fingerprint density at radius 2 is 1.88 bits per heavy atom. The van der Waals surface area contributed by atoms with E-state index in [9.17, 15) is 8.42 Å². The molecular weight excluding hydrogens is 252 g/mol. The quantitative estimate of drug-likeness (QED) is 0.596. The Balaban J connectivity index is 0. The van der Waals surface area contributed by atoms with Crippen LogP contribution in [0.3, 0.4) is 0 Å². The summed E-state index contributed by atoms with van der Waals surface area (Å²) in [5, 5.41) is 2.95. The maximum absolute atomic E-state index is 11.4. The van der Waals surface area contributed by atoms with Gasteiger partial charge in [0, 0.05) is 6.54 Å². The fourth-order valence-electron chi connectivity index (χ4n) is 0.959. The molecule has 0 aromatic carbocycles. The van der Waals surface area contributed by atoms with Gasteiger partial charge in [0.15, 0.2) is 0 Å². The smallest absolute Gasteiger partial charge is 0.213 e. The SMILES string of the molecule is CNCCCNS(=O)(=O)CCOC(C)C.Cl. The van der Waals surface area contributed by atoms with Gasteiger partial charge >= 0.3 is 0 Å². The molecule has 0 bridgehead atoms. The van der Waals surface area contributed by atoms with Crippen LogP contribution in [-0.4, -0.2) is 47.0 Å². The molecule has 0 aliphatic heterocycles. The van der Waals surface area contributed by atoms with E-state index < -0.39 is 10.0 Å². The van der Waals surface area contributed by atoms with Gasteiger partial charge in [-0.15, -0.1) is 12.4 Å². The molecule has 16 heavy (non-hydrogen) atoms. The molecule has 0 saturated heterocycles. The van der Waals surface area contributed by atoms with Crippen molar-refractivity contribution in [3.63, 3.8) is 0 Å². The van der Waals surface area contributed by atoms with Crippen molar-refractivity contribution in [3.8, 4) is 0 Å². The van der Waals surface area contributed by atoms with E-state index in [0.29, 0.717) is 6.54 Å². The Bertz CT molecular complexity index is 245. The second-order valence-electron chi connectivity index (χ2n) is 3.59. The van der Waals surface area contributed by atoms with Crippen molar-refractivity contribution in [3.05, 3.63) is 0 Å². The first-order valence-corrected chi connectivity index (χ1v) is 6.86. The van der Waals surface area contributed by atoms with E-state index in [2.05, 4.69) is 10.0 Å². The molecule has 0 aliphatic carbocycles. The predicted molar refractivity (Wildman–Crippen MR) is 68.7 cm³/mol. The monoisotopic (exact) mass is 274 g/mol. The molecule has 5 nitrogen and oxygen atoms in total. The number of halogens is 1. The topological polar surface area (TPSA) is 67.4 Å². The molecule has 0 atom stereocenters. The number of hydrogen-bond acceptors (Lipinski definition) is 4. The Kier molecular flexibility index (Phi) is 11.9. The third-order valence-electron chi connectivity index (χ3n) is 1.73. The van der Waals surface area contributed by atoms with Gasteiger partial charge in [-0.05, 0) is 33.9 Å². The average Bonchev–Trinajstić information content (AvgIpc) is 2.11. The van der Waals surface area contributed by atoms with Crippen molar-refractivity contribution < 1.29 is 13.2 Å². The fraction of sp³-hybridized carbons (Fsp3) is 1.00. The molecule has 0 aromatic rings. The predicted octanol–water partition coefficient (Wildman–Crippen LogP) is 0.362. The van der Waals surface area contributed by atoms with E-state index in [4.69, 9.17) is 4.74 Å². The van der Waals surface area contributed by atoms with Crippen LogP contribution in [0.1, 0.15) is 20.3 Å². The largest absolute Gasteiger partial charge is 0.378 e. The van der Waals surface area contributed by atoms with Crippen molar-refractivity contribution in [2.75, 3.05) is 32.5 Å². The molecule has 0 heterocycles. The van der Waals surface area contributed by atoms with Crippen LogP contribution in [0.4, 0.5) is 0 Å². The second kappa shape index (κ2) is 10.3. The molecule has 0 rings (SSSR count). The summed E-state index contributed by atoms with van der Waals surface area (Å²) in [6.45, 7) is 5.30. The number of hydrogen-bond donors (Lipinski definition) is 2. The van der Waals surface area contributed by atoms with Crippen molar-refractivity contribution in [1.82, 2.24) is 10.0 Å². The van der Waals surface area contributed by atoms with Crippen LogP contribution in [0.2, 0.25) is 0 Å². The van der Waals surface area contributed by atoms with Crippen LogP contribution in [0.15, 0.2) is 0 Å². The van der Waals surface area contributed by atoms with Gasteiger partial charge in [-0.2, -0.15) is 0 Å². The van der Waals surface area contributed by atoms with Gasteiger partial charge in [0.05, 0.1) is 18.5 Å². The molecule has 100 valence electrons. The van der Waals surface area contributed by atoms with E-state index in [1.165, 1.54) is 0 Å². The first-order valence-electron chi connectivity index (χ1n) is 5.21. The normalized spacial score (nSPS) is 11.5. The molecule has 0 saturated carbocycles. The van der Waals surface area contributed by atoms with Crippen molar-refractivity contribution in [2.24, 2.45) is 0 Å². The number of nitrogens with one attached hydrogen (secondary N) is 2. The molecule has 0 spiro atoms. The van der Waals surface area contributed by atoms with Gasteiger partial charge in [-0.1, -0.05) is 0 Å². The zero-order valence-electron chi connectivity index (χ0n) is 10.2. The highest BCUT2D eigenvalue weighted by Gasteiger charge is 2.09. The summed E-state index contributed by atoms with van der Waals surface area (Å²) in [6.07, 6.45) is 0.866.